The molecule has 1 unspecified atom stereocenters. The number of carbonyl (C=O) groups is 1. The van der Waals surface area contributed by atoms with Gasteiger partial charge in [0.05, 0.1) is 26.2 Å². The van der Waals surface area contributed by atoms with Crippen LogP contribution in [-0.2, 0) is 21.4 Å². The molecule has 0 aliphatic heterocycles. The first-order chi connectivity index (χ1) is 13.2. The Morgan fingerprint density at radius 2 is 1.64 bits per heavy atom. The van der Waals surface area contributed by atoms with E-state index in [0.717, 1.165) is 16.1 Å². The zero-order valence-electron chi connectivity index (χ0n) is 16.7. The molecule has 152 valence electrons. The molecule has 0 spiro atoms. The van der Waals surface area contributed by atoms with Crippen molar-refractivity contribution < 1.29 is 22.7 Å². The number of nitrogens with zero attached hydrogens (tertiary/aromatic N) is 2. The number of carbonyl (C=O) groups excluding carboxylic acids is 1. The number of anilines is 1. The smallest absolute Gasteiger partial charge is 0.246 e. The maximum absolute atomic E-state index is 13.0. The minimum Gasteiger partial charge on any atom is -0.497 e. The minimum absolute atomic E-state index is 0.299. The van der Waals surface area contributed by atoms with Gasteiger partial charge in [0, 0.05) is 19.2 Å². The van der Waals surface area contributed by atoms with Crippen LogP contribution in [0.15, 0.2) is 48.5 Å². The van der Waals surface area contributed by atoms with Crippen LogP contribution in [0, 0.1) is 0 Å². The zero-order valence-corrected chi connectivity index (χ0v) is 17.6. The van der Waals surface area contributed by atoms with Gasteiger partial charge in [0.1, 0.15) is 17.5 Å². The average molecular weight is 407 g/mol. The Labute approximate surface area is 166 Å². The number of sulfonamides is 1. The molecule has 0 fully saturated rings. The third-order valence-electron chi connectivity index (χ3n) is 4.37. The van der Waals surface area contributed by atoms with Crippen molar-refractivity contribution in [3.8, 4) is 11.5 Å². The molecule has 0 radical (unpaired) electrons. The molecule has 28 heavy (non-hydrogen) atoms. The van der Waals surface area contributed by atoms with Crippen molar-refractivity contribution in [3.05, 3.63) is 54.1 Å². The third kappa shape index (κ3) is 4.95. The number of methoxy groups -OCH3 is 2. The third-order valence-corrected chi connectivity index (χ3v) is 5.61. The van der Waals surface area contributed by atoms with E-state index in [2.05, 4.69) is 0 Å². The number of amides is 1. The molecule has 0 aromatic heterocycles. The zero-order chi connectivity index (χ0) is 20.9. The van der Waals surface area contributed by atoms with Crippen LogP contribution >= 0.6 is 0 Å². The van der Waals surface area contributed by atoms with Gasteiger partial charge in [-0.25, -0.2) is 8.42 Å². The Hall–Kier alpha value is -2.74. The predicted octanol–water partition coefficient (Wildman–Crippen LogP) is 2.52. The normalized spacial score (nSPS) is 12.2. The van der Waals surface area contributed by atoms with E-state index >= 15 is 0 Å². The van der Waals surface area contributed by atoms with E-state index in [0.29, 0.717) is 23.7 Å². The maximum Gasteiger partial charge on any atom is 0.246 e. The van der Waals surface area contributed by atoms with Crippen molar-refractivity contribution in [2.75, 3.05) is 31.8 Å². The van der Waals surface area contributed by atoms with E-state index in [1.165, 1.54) is 12.0 Å². The molecule has 0 saturated carbocycles. The van der Waals surface area contributed by atoms with Crippen LogP contribution in [0.5, 0.6) is 11.5 Å². The summed E-state index contributed by atoms with van der Waals surface area (Å²) < 4.78 is 36.4. The van der Waals surface area contributed by atoms with Crippen LogP contribution in [0.3, 0.4) is 0 Å². The number of para-hydroxylation sites is 1. The topological polar surface area (TPSA) is 76.2 Å². The molecular weight excluding hydrogens is 380 g/mol. The van der Waals surface area contributed by atoms with Gasteiger partial charge in [0.15, 0.2) is 0 Å². The second-order valence-corrected chi connectivity index (χ2v) is 8.30. The highest BCUT2D eigenvalue weighted by molar-refractivity contribution is 7.92. The number of likely N-dealkylation sites (N-methyl/N-ethyl adjacent to an activating group) is 1. The summed E-state index contributed by atoms with van der Waals surface area (Å²) in [7, 11) is 1.06. The summed E-state index contributed by atoms with van der Waals surface area (Å²) in [5.41, 5.74) is 1.23. The molecule has 0 aliphatic carbocycles. The largest absolute Gasteiger partial charge is 0.497 e. The van der Waals surface area contributed by atoms with Crippen molar-refractivity contribution in [2.24, 2.45) is 0 Å². The van der Waals surface area contributed by atoms with Gasteiger partial charge < -0.3 is 14.4 Å². The monoisotopic (exact) mass is 406 g/mol. The summed E-state index contributed by atoms with van der Waals surface area (Å²) in [5, 5.41) is 0. The van der Waals surface area contributed by atoms with Crippen LogP contribution < -0.4 is 13.8 Å². The summed E-state index contributed by atoms with van der Waals surface area (Å²) in [6.07, 6.45) is 1.08. The van der Waals surface area contributed by atoms with E-state index in [9.17, 15) is 13.2 Å². The molecule has 0 heterocycles. The Bertz CT molecular complexity index is 912. The number of hydrogen-bond donors (Lipinski definition) is 0. The Morgan fingerprint density at radius 3 is 2.18 bits per heavy atom. The van der Waals surface area contributed by atoms with Gasteiger partial charge >= 0.3 is 0 Å². The van der Waals surface area contributed by atoms with Crippen LogP contribution in [-0.4, -0.2) is 52.8 Å². The minimum atomic E-state index is -3.68. The second-order valence-electron chi connectivity index (χ2n) is 6.44. The molecule has 0 bridgehead atoms. The summed E-state index contributed by atoms with van der Waals surface area (Å²) in [6.45, 7) is 1.87. The van der Waals surface area contributed by atoms with Crippen LogP contribution in [0.25, 0.3) is 0 Å². The van der Waals surface area contributed by atoms with E-state index in [1.54, 1.807) is 45.3 Å². The highest BCUT2D eigenvalue weighted by Gasteiger charge is 2.31. The first kappa shape index (κ1) is 21.6. The first-order valence-electron chi connectivity index (χ1n) is 8.69. The number of benzene rings is 2. The summed E-state index contributed by atoms with van der Waals surface area (Å²) in [6, 6.07) is 13.0. The number of hydrogen-bond acceptors (Lipinski definition) is 5. The van der Waals surface area contributed by atoms with Crippen molar-refractivity contribution in [3.63, 3.8) is 0 Å². The second kappa shape index (κ2) is 8.97. The van der Waals surface area contributed by atoms with Crippen LogP contribution in [0.1, 0.15) is 12.5 Å². The molecule has 2 aromatic rings. The fourth-order valence-electron chi connectivity index (χ4n) is 3.02. The van der Waals surface area contributed by atoms with E-state index in [1.807, 2.05) is 24.3 Å². The molecule has 0 saturated heterocycles. The maximum atomic E-state index is 13.0. The molecule has 7 nitrogen and oxygen atoms in total. The number of ether oxygens (including phenoxy) is 2. The van der Waals surface area contributed by atoms with Gasteiger partial charge in [-0.1, -0.05) is 18.2 Å². The number of rotatable bonds is 8. The summed E-state index contributed by atoms with van der Waals surface area (Å²) in [5.74, 6) is 0.946. The molecule has 1 amide bonds. The molecule has 2 rings (SSSR count). The summed E-state index contributed by atoms with van der Waals surface area (Å²) in [4.78, 5) is 14.5. The average Bonchev–Trinajstić information content (AvgIpc) is 2.67. The molecule has 2 aromatic carbocycles. The van der Waals surface area contributed by atoms with Crippen molar-refractivity contribution in [2.45, 2.75) is 19.5 Å². The van der Waals surface area contributed by atoms with Gasteiger partial charge in [0.2, 0.25) is 15.9 Å². The molecule has 8 heteroatoms. The van der Waals surface area contributed by atoms with E-state index < -0.39 is 16.1 Å². The fourth-order valence-corrected chi connectivity index (χ4v) is 4.19. The van der Waals surface area contributed by atoms with Crippen molar-refractivity contribution >= 4 is 21.6 Å². The van der Waals surface area contributed by atoms with Crippen LogP contribution in [0.4, 0.5) is 5.69 Å². The van der Waals surface area contributed by atoms with Gasteiger partial charge in [-0.3, -0.25) is 9.10 Å². The molecule has 0 aliphatic rings. The lowest BCUT2D eigenvalue weighted by Crippen LogP contribution is -2.48. The highest BCUT2D eigenvalue weighted by atomic mass is 32.2. The van der Waals surface area contributed by atoms with Gasteiger partial charge in [-0.15, -0.1) is 0 Å². The van der Waals surface area contributed by atoms with Crippen molar-refractivity contribution in [1.29, 1.82) is 0 Å². The fraction of sp³-hybridized carbons (Fsp3) is 0.350. The van der Waals surface area contributed by atoms with Gasteiger partial charge in [-0.05, 0) is 37.3 Å². The van der Waals surface area contributed by atoms with E-state index in [-0.39, 0.29) is 5.91 Å². The van der Waals surface area contributed by atoms with Gasteiger partial charge in [0.25, 0.3) is 0 Å². The molecule has 1 atom stereocenters. The van der Waals surface area contributed by atoms with E-state index in [4.69, 9.17) is 9.47 Å². The molecular formula is C20H26N2O5S. The Morgan fingerprint density at radius 1 is 1.04 bits per heavy atom. The Balaban J connectivity index is 2.27. The lowest BCUT2D eigenvalue weighted by Gasteiger charge is -2.31. The quantitative estimate of drug-likeness (QED) is 0.673. The lowest BCUT2D eigenvalue weighted by atomic mass is 10.1. The van der Waals surface area contributed by atoms with Gasteiger partial charge in [-0.2, -0.15) is 0 Å². The SMILES string of the molecule is COc1ccc(N(C(C)C(=O)N(C)Cc2ccccc2OC)S(C)(=O)=O)cc1. The summed E-state index contributed by atoms with van der Waals surface area (Å²) >= 11 is 0. The lowest BCUT2D eigenvalue weighted by molar-refractivity contribution is -0.131. The highest BCUT2D eigenvalue weighted by Crippen LogP contribution is 2.25. The predicted molar refractivity (Wildman–Crippen MR) is 109 cm³/mol. The van der Waals surface area contributed by atoms with Crippen molar-refractivity contribution in [1.82, 2.24) is 4.90 Å². The van der Waals surface area contributed by atoms with Crippen LogP contribution in [0.2, 0.25) is 0 Å². The molecule has 0 N–H and O–H groups in total. The standard InChI is InChI=1S/C20H26N2O5S/c1-15(20(23)21(2)14-16-8-6-7-9-19(16)27-4)22(28(5,24)25)17-10-12-18(26-3)13-11-17/h6-13,15H,14H2,1-5H3. The Kier molecular flexibility index (Phi) is 6.90. The first-order valence-corrected chi connectivity index (χ1v) is 10.5.